The number of aryl methyl sites for hydroxylation is 1. The van der Waals surface area contributed by atoms with E-state index < -0.39 is 5.91 Å². The molecule has 0 bridgehead atoms. The Balaban J connectivity index is 1.77. The first-order valence-corrected chi connectivity index (χ1v) is 7.68. The van der Waals surface area contributed by atoms with Crippen molar-refractivity contribution in [3.8, 4) is 11.5 Å². The summed E-state index contributed by atoms with van der Waals surface area (Å²) in [5.41, 5.74) is 1.03. The highest BCUT2D eigenvalue weighted by atomic mass is 35.5. The molecule has 3 aromatic rings. The monoisotopic (exact) mass is 342 g/mol. The van der Waals surface area contributed by atoms with Crippen molar-refractivity contribution in [1.82, 2.24) is 4.98 Å². The van der Waals surface area contributed by atoms with Gasteiger partial charge in [-0.3, -0.25) is 4.79 Å². The number of ether oxygens (including phenoxy) is 1. The van der Waals surface area contributed by atoms with E-state index in [0.29, 0.717) is 10.8 Å². The molecule has 6 heteroatoms. The number of anilines is 1. The van der Waals surface area contributed by atoms with E-state index in [0.717, 1.165) is 16.3 Å². The Labute approximate surface area is 143 Å². The molecular weight excluding hydrogens is 328 g/mol. The fourth-order valence-corrected chi connectivity index (χ4v) is 2.76. The van der Waals surface area contributed by atoms with Gasteiger partial charge in [0.1, 0.15) is 5.75 Å². The van der Waals surface area contributed by atoms with Crippen LogP contribution in [0.1, 0.15) is 5.56 Å². The van der Waals surface area contributed by atoms with Crippen molar-refractivity contribution in [3.05, 3.63) is 59.2 Å². The standard InChI is InChI=1S/C18H15ClN2O3/c1-11-4-2-5-12-15(8-7-13(19)17(11)12)24-10-16(23)21-18-14(22)6-3-9-20-18/h2-9,22H,10H2,1H3,(H,20,21,23). The first-order chi connectivity index (χ1) is 11.6. The third kappa shape index (κ3) is 3.26. The van der Waals surface area contributed by atoms with Crippen LogP contribution in [0, 0.1) is 6.92 Å². The average molecular weight is 343 g/mol. The molecule has 0 unspecified atom stereocenters. The maximum absolute atomic E-state index is 12.0. The summed E-state index contributed by atoms with van der Waals surface area (Å²) in [5.74, 6) is 0.152. The summed E-state index contributed by atoms with van der Waals surface area (Å²) in [6.07, 6.45) is 1.48. The lowest BCUT2D eigenvalue weighted by Gasteiger charge is -2.12. The number of nitrogens with zero attached hydrogens (tertiary/aromatic N) is 1. The van der Waals surface area contributed by atoms with Gasteiger partial charge in [0.2, 0.25) is 0 Å². The third-order valence-corrected chi connectivity index (χ3v) is 3.88. The van der Waals surface area contributed by atoms with Gasteiger partial charge in [-0.15, -0.1) is 0 Å². The van der Waals surface area contributed by atoms with Gasteiger partial charge in [0.25, 0.3) is 5.91 Å². The van der Waals surface area contributed by atoms with Crippen molar-refractivity contribution in [1.29, 1.82) is 0 Å². The Hall–Kier alpha value is -2.79. The highest BCUT2D eigenvalue weighted by molar-refractivity contribution is 6.36. The predicted octanol–water partition coefficient (Wildman–Crippen LogP) is 3.92. The van der Waals surface area contributed by atoms with E-state index in [1.54, 1.807) is 18.2 Å². The SMILES string of the molecule is Cc1cccc2c(OCC(=O)Nc3ncccc3O)ccc(Cl)c12. The molecule has 5 nitrogen and oxygen atoms in total. The van der Waals surface area contributed by atoms with Crippen LogP contribution in [0.2, 0.25) is 5.02 Å². The van der Waals surface area contributed by atoms with Crippen molar-refractivity contribution >= 4 is 34.1 Å². The van der Waals surface area contributed by atoms with E-state index in [4.69, 9.17) is 16.3 Å². The largest absolute Gasteiger partial charge is 0.504 e. The van der Waals surface area contributed by atoms with Gasteiger partial charge in [0, 0.05) is 22.0 Å². The van der Waals surface area contributed by atoms with Crippen molar-refractivity contribution in [2.24, 2.45) is 0 Å². The number of rotatable bonds is 4. The summed E-state index contributed by atoms with van der Waals surface area (Å²) in [7, 11) is 0. The van der Waals surface area contributed by atoms with Crippen LogP contribution in [-0.4, -0.2) is 22.6 Å². The Kier molecular flexibility index (Phi) is 4.53. The van der Waals surface area contributed by atoms with E-state index >= 15 is 0 Å². The van der Waals surface area contributed by atoms with Crippen LogP contribution in [0.25, 0.3) is 10.8 Å². The van der Waals surface area contributed by atoms with Gasteiger partial charge in [-0.25, -0.2) is 4.98 Å². The van der Waals surface area contributed by atoms with Crippen LogP contribution in [0.4, 0.5) is 5.82 Å². The molecule has 0 fully saturated rings. The van der Waals surface area contributed by atoms with Gasteiger partial charge in [-0.2, -0.15) is 0 Å². The van der Waals surface area contributed by atoms with Gasteiger partial charge in [-0.05, 0) is 36.8 Å². The molecule has 0 aliphatic heterocycles. The molecule has 1 aromatic heterocycles. The molecular formula is C18H15ClN2O3. The fourth-order valence-electron chi connectivity index (χ4n) is 2.44. The van der Waals surface area contributed by atoms with Gasteiger partial charge < -0.3 is 15.2 Å². The molecule has 122 valence electrons. The molecule has 2 aromatic carbocycles. The Morgan fingerprint density at radius 1 is 1.25 bits per heavy atom. The lowest BCUT2D eigenvalue weighted by Crippen LogP contribution is -2.20. The molecule has 0 aliphatic carbocycles. The van der Waals surface area contributed by atoms with Crippen molar-refractivity contribution in [2.75, 3.05) is 11.9 Å². The maximum atomic E-state index is 12.0. The second kappa shape index (κ2) is 6.76. The van der Waals surface area contributed by atoms with E-state index in [9.17, 15) is 9.90 Å². The van der Waals surface area contributed by atoms with E-state index in [1.165, 1.54) is 12.3 Å². The zero-order valence-electron chi connectivity index (χ0n) is 12.9. The number of aromatic nitrogens is 1. The summed E-state index contributed by atoms with van der Waals surface area (Å²) >= 11 is 6.25. The lowest BCUT2D eigenvalue weighted by atomic mass is 10.0. The number of aromatic hydroxyl groups is 1. The first kappa shape index (κ1) is 16.1. The predicted molar refractivity (Wildman–Crippen MR) is 93.7 cm³/mol. The number of carbonyl (C=O) groups is 1. The third-order valence-electron chi connectivity index (χ3n) is 3.56. The number of hydrogen-bond donors (Lipinski definition) is 2. The normalized spacial score (nSPS) is 10.6. The minimum absolute atomic E-state index is 0.0987. The molecule has 24 heavy (non-hydrogen) atoms. The number of hydrogen-bond acceptors (Lipinski definition) is 4. The maximum Gasteiger partial charge on any atom is 0.263 e. The fraction of sp³-hybridized carbons (Fsp3) is 0.111. The Morgan fingerprint density at radius 2 is 2.08 bits per heavy atom. The number of pyridine rings is 1. The smallest absolute Gasteiger partial charge is 0.263 e. The van der Waals surface area contributed by atoms with E-state index in [1.807, 2.05) is 25.1 Å². The van der Waals surface area contributed by atoms with Crippen molar-refractivity contribution in [2.45, 2.75) is 6.92 Å². The van der Waals surface area contributed by atoms with Crippen LogP contribution in [0.5, 0.6) is 11.5 Å². The molecule has 0 radical (unpaired) electrons. The quantitative estimate of drug-likeness (QED) is 0.753. The van der Waals surface area contributed by atoms with Gasteiger partial charge in [0.15, 0.2) is 18.2 Å². The van der Waals surface area contributed by atoms with Crippen LogP contribution in [0.3, 0.4) is 0 Å². The second-order valence-corrected chi connectivity index (χ2v) is 5.66. The Morgan fingerprint density at radius 3 is 2.88 bits per heavy atom. The van der Waals surface area contributed by atoms with Crippen molar-refractivity contribution < 1.29 is 14.6 Å². The molecule has 0 saturated heterocycles. The number of amides is 1. The van der Waals surface area contributed by atoms with E-state index in [2.05, 4.69) is 10.3 Å². The minimum Gasteiger partial charge on any atom is -0.504 e. The summed E-state index contributed by atoms with van der Waals surface area (Å²) in [6.45, 7) is 1.76. The summed E-state index contributed by atoms with van der Waals surface area (Å²) in [5, 5.41) is 14.5. The summed E-state index contributed by atoms with van der Waals surface area (Å²) < 4.78 is 5.62. The molecule has 1 amide bonds. The lowest BCUT2D eigenvalue weighted by molar-refractivity contribution is -0.118. The van der Waals surface area contributed by atoms with Crippen LogP contribution < -0.4 is 10.1 Å². The van der Waals surface area contributed by atoms with Crippen LogP contribution in [-0.2, 0) is 4.79 Å². The molecule has 0 atom stereocenters. The average Bonchev–Trinajstić information content (AvgIpc) is 2.56. The molecule has 0 saturated carbocycles. The first-order valence-electron chi connectivity index (χ1n) is 7.30. The highest BCUT2D eigenvalue weighted by Gasteiger charge is 2.11. The number of fused-ring (bicyclic) bond motifs is 1. The number of benzene rings is 2. The zero-order chi connectivity index (χ0) is 17.1. The molecule has 3 rings (SSSR count). The second-order valence-electron chi connectivity index (χ2n) is 5.25. The van der Waals surface area contributed by atoms with Gasteiger partial charge in [-0.1, -0.05) is 29.8 Å². The number of halogens is 1. The van der Waals surface area contributed by atoms with Gasteiger partial charge in [0.05, 0.1) is 0 Å². The summed E-state index contributed by atoms with van der Waals surface area (Å²) in [4.78, 5) is 15.9. The van der Waals surface area contributed by atoms with E-state index in [-0.39, 0.29) is 18.2 Å². The van der Waals surface area contributed by atoms with Crippen LogP contribution >= 0.6 is 11.6 Å². The number of nitrogens with one attached hydrogen (secondary N) is 1. The Bertz CT molecular complexity index is 904. The molecule has 0 spiro atoms. The minimum atomic E-state index is -0.417. The summed E-state index contributed by atoms with van der Waals surface area (Å²) in [6, 6.07) is 12.3. The van der Waals surface area contributed by atoms with Crippen LogP contribution in [0.15, 0.2) is 48.7 Å². The van der Waals surface area contributed by atoms with Gasteiger partial charge >= 0.3 is 0 Å². The molecule has 1 heterocycles. The molecule has 0 aliphatic rings. The topological polar surface area (TPSA) is 71.5 Å². The number of carbonyl (C=O) groups excluding carboxylic acids is 1. The highest BCUT2D eigenvalue weighted by Crippen LogP contribution is 2.33. The zero-order valence-corrected chi connectivity index (χ0v) is 13.7. The molecule has 2 N–H and O–H groups in total. The van der Waals surface area contributed by atoms with Crippen molar-refractivity contribution in [3.63, 3.8) is 0 Å².